The van der Waals surface area contributed by atoms with Crippen LogP contribution in [-0.2, 0) is 0 Å². The maximum Gasteiger partial charge on any atom is 0.140 e. The van der Waals surface area contributed by atoms with Crippen molar-refractivity contribution in [3.63, 3.8) is 0 Å². The van der Waals surface area contributed by atoms with Crippen molar-refractivity contribution in [2.45, 2.75) is 0 Å². The Kier molecular flexibility index (Phi) is 2.31. The van der Waals surface area contributed by atoms with Gasteiger partial charge in [0.2, 0.25) is 0 Å². The van der Waals surface area contributed by atoms with E-state index >= 15 is 0 Å². The van der Waals surface area contributed by atoms with Gasteiger partial charge in [0, 0.05) is 10.2 Å². The molecule has 54 valence electrons. The van der Waals surface area contributed by atoms with Gasteiger partial charge in [-0.25, -0.2) is 4.39 Å². The Morgan fingerprint density at radius 2 is 1.90 bits per heavy atom. The Bertz CT molecular complexity index is 239. The van der Waals surface area contributed by atoms with E-state index in [9.17, 15) is 4.39 Å². The number of halogens is 3. The van der Waals surface area contributed by atoms with Gasteiger partial charge in [0.25, 0.3) is 0 Å². The van der Waals surface area contributed by atoms with E-state index in [1.54, 1.807) is 6.07 Å². The highest BCUT2D eigenvalue weighted by Crippen LogP contribution is 2.26. The second kappa shape index (κ2) is 2.88. The first kappa shape index (κ1) is 8.01. The van der Waals surface area contributed by atoms with Crippen molar-refractivity contribution in [1.82, 2.24) is 0 Å². The lowest BCUT2D eigenvalue weighted by atomic mass is 10.3. The Morgan fingerprint density at radius 3 is 2.40 bits per heavy atom. The van der Waals surface area contributed by atoms with E-state index in [2.05, 4.69) is 31.9 Å². The molecule has 0 aromatic heterocycles. The fourth-order valence-corrected chi connectivity index (χ4v) is 1.25. The molecule has 1 aromatic rings. The molecule has 0 aliphatic carbocycles. The van der Waals surface area contributed by atoms with E-state index in [0.29, 0.717) is 14.6 Å². The van der Waals surface area contributed by atoms with Crippen LogP contribution in [0.4, 0.5) is 10.1 Å². The molecule has 0 atom stereocenters. The molecule has 2 N–H and O–H groups in total. The monoisotopic (exact) mass is 267 g/mol. The smallest absolute Gasteiger partial charge is 0.140 e. The van der Waals surface area contributed by atoms with Crippen LogP contribution in [0.3, 0.4) is 0 Å². The number of rotatable bonds is 0. The topological polar surface area (TPSA) is 26.0 Å². The molecule has 0 amide bonds. The van der Waals surface area contributed by atoms with Gasteiger partial charge >= 0.3 is 0 Å². The lowest BCUT2D eigenvalue weighted by Crippen LogP contribution is -1.89. The van der Waals surface area contributed by atoms with Crippen LogP contribution < -0.4 is 5.73 Å². The average molecular weight is 269 g/mol. The van der Waals surface area contributed by atoms with Gasteiger partial charge in [-0.1, -0.05) is 15.9 Å². The van der Waals surface area contributed by atoms with Gasteiger partial charge in [-0.15, -0.1) is 0 Å². The lowest BCUT2D eigenvalue weighted by molar-refractivity contribution is 0.621. The van der Waals surface area contributed by atoms with Crippen LogP contribution in [0.15, 0.2) is 21.1 Å². The third-order valence-electron chi connectivity index (χ3n) is 1.02. The average Bonchev–Trinajstić information content (AvgIpc) is 1.82. The fraction of sp³-hybridized carbons (Fsp3) is 0. The Balaban J connectivity index is 3.31. The van der Waals surface area contributed by atoms with Gasteiger partial charge in [-0.05, 0) is 28.1 Å². The van der Waals surface area contributed by atoms with Crippen LogP contribution in [0.1, 0.15) is 0 Å². The van der Waals surface area contributed by atoms with Gasteiger partial charge in [-0.3, -0.25) is 0 Å². The Hall–Kier alpha value is -0.0900. The first-order valence-corrected chi connectivity index (χ1v) is 4.10. The maximum atomic E-state index is 12.7. The van der Waals surface area contributed by atoms with Gasteiger partial charge in [0.1, 0.15) is 5.82 Å². The van der Waals surface area contributed by atoms with Crippen LogP contribution in [0, 0.1) is 5.82 Å². The summed E-state index contributed by atoms with van der Waals surface area (Å²) in [6.45, 7) is 0. The fourth-order valence-electron chi connectivity index (χ4n) is 0.576. The zero-order valence-corrected chi connectivity index (χ0v) is 8.04. The van der Waals surface area contributed by atoms with Crippen molar-refractivity contribution in [1.29, 1.82) is 0 Å². The van der Waals surface area contributed by atoms with Crippen molar-refractivity contribution in [3.8, 4) is 0 Å². The molecule has 0 spiro atoms. The molecule has 0 fully saturated rings. The number of hydrogen-bond donors (Lipinski definition) is 1. The highest BCUT2D eigenvalue weighted by Gasteiger charge is 2.03. The van der Waals surface area contributed by atoms with Crippen LogP contribution in [0.25, 0.3) is 0 Å². The van der Waals surface area contributed by atoms with Gasteiger partial charge < -0.3 is 5.73 Å². The van der Waals surface area contributed by atoms with Crippen LogP contribution in [0.5, 0.6) is 0 Å². The molecule has 0 saturated heterocycles. The summed E-state index contributed by atoms with van der Waals surface area (Å²) in [6.07, 6.45) is 0. The summed E-state index contributed by atoms with van der Waals surface area (Å²) in [5.41, 5.74) is 5.80. The summed E-state index contributed by atoms with van der Waals surface area (Å²) in [6, 6.07) is 2.98. The molecule has 1 rings (SSSR count). The predicted molar refractivity (Wildman–Crippen MR) is 46.2 cm³/mol. The number of anilines is 1. The minimum atomic E-state index is -0.355. The third-order valence-corrected chi connectivity index (χ3v) is 2.32. The van der Waals surface area contributed by atoms with Gasteiger partial charge in [-0.2, -0.15) is 0 Å². The number of nitrogen functional groups attached to an aromatic ring is 1. The zero-order chi connectivity index (χ0) is 7.72. The van der Waals surface area contributed by atoms with Crippen molar-refractivity contribution in [3.05, 3.63) is 26.9 Å². The molecular formula is C6H4Br2FN. The lowest BCUT2D eigenvalue weighted by Gasteiger charge is -1.99. The van der Waals surface area contributed by atoms with Gasteiger partial charge in [0.15, 0.2) is 0 Å². The summed E-state index contributed by atoms with van der Waals surface area (Å²) >= 11 is 6.10. The molecule has 0 heterocycles. The molecule has 4 heteroatoms. The second-order valence-corrected chi connectivity index (χ2v) is 3.50. The molecule has 1 aromatic carbocycles. The number of nitrogens with two attached hydrogens (primary N) is 1. The number of benzene rings is 1. The van der Waals surface area contributed by atoms with Crippen LogP contribution in [0.2, 0.25) is 0 Å². The van der Waals surface area contributed by atoms with Crippen molar-refractivity contribution < 1.29 is 4.39 Å². The van der Waals surface area contributed by atoms with E-state index in [0.717, 1.165) is 0 Å². The molecule has 0 aliphatic rings. The standard InChI is InChI=1S/C6H4Br2FN/c7-3-1-4(9)6(8)5(10)2-3/h1-2H,10H2. The summed E-state index contributed by atoms with van der Waals surface area (Å²) < 4.78 is 13.6. The summed E-state index contributed by atoms with van der Waals surface area (Å²) in [4.78, 5) is 0. The van der Waals surface area contributed by atoms with Crippen molar-refractivity contribution >= 4 is 37.5 Å². The molecule has 0 saturated carbocycles. The van der Waals surface area contributed by atoms with E-state index in [1.165, 1.54) is 6.07 Å². The normalized spacial score (nSPS) is 9.90. The van der Waals surface area contributed by atoms with Crippen LogP contribution in [-0.4, -0.2) is 0 Å². The first-order valence-electron chi connectivity index (χ1n) is 2.51. The molecular weight excluding hydrogens is 265 g/mol. The van der Waals surface area contributed by atoms with E-state index in [4.69, 9.17) is 5.73 Å². The van der Waals surface area contributed by atoms with Gasteiger partial charge in [0.05, 0.1) is 4.47 Å². The van der Waals surface area contributed by atoms with Crippen LogP contribution >= 0.6 is 31.9 Å². The predicted octanol–water partition coefficient (Wildman–Crippen LogP) is 2.93. The Morgan fingerprint density at radius 1 is 1.30 bits per heavy atom. The minimum Gasteiger partial charge on any atom is -0.398 e. The quantitative estimate of drug-likeness (QED) is 0.568. The molecule has 0 unspecified atom stereocenters. The summed E-state index contributed by atoms with van der Waals surface area (Å²) in [5.74, 6) is -0.355. The zero-order valence-electron chi connectivity index (χ0n) is 4.87. The Labute approximate surface area is 74.7 Å². The molecule has 0 bridgehead atoms. The number of hydrogen-bond acceptors (Lipinski definition) is 1. The van der Waals surface area contributed by atoms with E-state index in [1.807, 2.05) is 0 Å². The van der Waals surface area contributed by atoms with E-state index in [-0.39, 0.29) is 5.82 Å². The second-order valence-electron chi connectivity index (χ2n) is 1.79. The summed E-state index contributed by atoms with van der Waals surface area (Å²) in [7, 11) is 0. The molecule has 10 heavy (non-hydrogen) atoms. The van der Waals surface area contributed by atoms with Crippen molar-refractivity contribution in [2.24, 2.45) is 0 Å². The maximum absolute atomic E-state index is 12.7. The van der Waals surface area contributed by atoms with Crippen molar-refractivity contribution in [2.75, 3.05) is 5.73 Å². The summed E-state index contributed by atoms with van der Waals surface area (Å²) in [5, 5.41) is 0. The minimum absolute atomic E-state index is 0.315. The molecule has 0 radical (unpaired) electrons. The highest BCUT2D eigenvalue weighted by molar-refractivity contribution is 9.11. The SMILES string of the molecule is Nc1cc(Br)cc(F)c1Br. The molecule has 0 aliphatic heterocycles. The largest absolute Gasteiger partial charge is 0.398 e. The van der Waals surface area contributed by atoms with E-state index < -0.39 is 0 Å². The first-order chi connectivity index (χ1) is 4.61. The third kappa shape index (κ3) is 1.49. The molecule has 1 nitrogen and oxygen atoms in total. The highest BCUT2D eigenvalue weighted by atomic mass is 79.9.